The molecule has 0 fully saturated rings. The van der Waals surface area contributed by atoms with Crippen LogP contribution < -0.4 is 10.9 Å². The Morgan fingerprint density at radius 1 is 1.12 bits per heavy atom. The Balaban J connectivity index is 1.81. The Bertz CT molecular complexity index is 1030. The second kappa shape index (κ2) is 7.01. The summed E-state index contributed by atoms with van der Waals surface area (Å²) in [5, 5.41) is 28.8. The van der Waals surface area contributed by atoms with Gasteiger partial charge in [-0.25, -0.2) is 9.48 Å². The number of carbonyl (C=O) groups excluding carboxylic acids is 1. The fourth-order valence-electron chi connectivity index (χ4n) is 2.42. The highest BCUT2D eigenvalue weighted by atomic mass is 16.4. The van der Waals surface area contributed by atoms with Gasteiger partial charge >= 0.3 is 5.97 Å². The molecule has 0 saturated heterocycles. The molecule has 132 valence electrons. The number of rotatable bonds is 5. The van der Waals surface area contributed by atoms with E-state index < -0.39 is 30.0 Å². The Morgan fingerprint density at radius 2 is 1.81 bits per heavy atom. The van der Waals surface area contributed by atoms with Crippen LogP contribution in [0.4, 0.5) is 0 Å². The number of carboxylic acid groups (broad SMARTS) is 1. The molecule has 9 nitrogen and oxygen atoms in total. The van der Waals surface area contributed by atoms with Crippen molar-refractivity contribution in [2.45, 2.75) is 12.6 Å². The van der Waals surface area contributed by atoms with Crippen LogP contribution in [0.1, 0.15) is 11.6 Å². The third kappa shape index (κ3) is 3.51. The van der Waals surface area contributed by atoms with Crippen LogP contribution in [0.2, 0.25) is 0 Å². The van der Waals surface area contributed by atoms with E-state index >= 15 is 0 Å². The second-order valence-corrected chi connectivity index (χ2v) is 5.50. The standard InChI is InChI=1S/C17H14N4O5/c22-11-7-5-10(6-8-11)15(17(25)26)18-14(23)9-21-16(24)12-3-1-2-4-13(12)19-20-21/h1-8,15,22H,9H2,(H,18,23)(H,25,26). The van der Waals surface area contributed by atoms with Crippen LogP contribution in [-0.2, 0) is 16.1 Å². The van der Waals surface area contributed by atoms with Crippen molar-refractivity contribution in [1.82, 2.24) is 20.3 Å². The molecule has 0 aliphatic rings. The van der Waals surface area contributed by atoms with Crippen LogP contribution in [0.5, 0.6) is 5.75 Å². The Hall–Kier alpha value is -3.75. The molecule has 3 N–H and O–H groups in total. The zero-order valence-electron chi connectivity index (χ0n) is 13.4. The number of carboxylic acids is 1. The fourth-order valence-corrected chi connectivity index (χ4v) is 2.42. The first-order chi connectivity index (χ1) is 12.5. The van der Waals surface area contributed by atoms with E-state index in [0.29, 0.717) is 10.9 Å². The number of phenolic OH excluding ortho intramolecular Hbond substituents is 1. The van der Waals surface area contributed by atoms with Gasteiger partial charge in [0.2, 0.25) is 5.91 Å². The number of benzene rings is 2. The lowest BCUT2D eigenvalue weighted by molar-refractivity contribution is -0.142. The van der Waals surface area contributed by atoms with Crippen molar-refractivity contribution in [2.24, 2.45) is 0 Å². The number of nitrogens with zero attached hydrogens (tertiary/aromatic N) is 3. The van der Waals surface area contributed by atoms with E-state index in [0.717, 1.165) is 4.68 Å². The van der Waals surface area contributed by atoms with Gasteiger partial charge in [0.15, 0.2) is 6.04 Å². The van der Waals surface area contributed by atoms with Gasteiger partial charge < -0.3 is 15.5 Å². The summed E-state index contributed by atoms with van der Waals surface area (Å²) in [6.45, 7) is -0.474. The molecule has 0 aliphatic heterocycles. The van der Waals surface area contributed by atoms with Crippen molar-refractivity contribution in [3.8, 4) is 5.75 Å². The van der Waals surface area contributed by atoms with Gasteiger partial charge in [-0.15, -0.1) is 5.10 Å². The van der Waals surface area contributed by atoms with Gasteiger partial charge in [-0.2, -0.15) is 0 Å². The zero-order valence-corrected chi connectivity index (χ0v) is 13.4. The number of aromatic hydroxyl groups is 1. The number of nitrogens with one attached hydrogen (secondary N) is 1. The average Bonchev–Trinajstić information content (AvgIpc) is 2.63. The third-order valence-electron chi connectivity index (χ3n) is 3.70. The SMILES string of the molecule is O=C(Cn1nnc2ccccc2c1=O)NC(C(=O)O)c1ccc(O)cc1. The van der Waals surface area contributed by atoms with Gasteiger partial charge in [0, 0.05) is 0 Å². The summed E-state index contributed by atoms with van der Waals surface area (Å²) in [5.74, 6) is -2.01. The van der Waals surface area contributed by atoms with E-state index in [1.165, 1.54) is 24.3 Å². The number of phenols is 1. The minimum absolute atomic E-state index is 0.0257. The van der Waals surface area contributed by atoms with Gasteiger partial charge in [-0.1, -0.05) is 29.5 Å². The molecule has 0 radical (unpaired) electrons. The molecule has 2 aromatic carbocycles. The number of aromatic nitrogens is 3. The van der Waals surface area contributed by atoms with Crippen molar-refractivity contribution in [2.75, 3.05) is 0 Å². The molecule has 0 saturated carbocycles. The Labute approximate surface area is 146 Å². The maximum atomic E-state index is 12.3. The Morgan fingerprint density at radius 3 is 2.50 bits per heavy atom. The molecule has 3 rings (SSSR count). The predicted octanol–water partition coefficient (Wildman–Crippen LogP) is 0.439. The molecule has 1 atom stereocenters. The first-order valence-electron chi connectivity index (χ1n) is 7.59. The van der Waals surface area contributed by atoms with Gasteiger partial charge in [0.05, 0.1) is 5.39 Å². The highest BCUT2D eigenvalue weighted by Crippen LogP contribution is 2.17. The fraction of sp³-hybridized carbons (Fsp3) is 0.118. The van der Waals surface area contributed by atoms with E-state index in [9.17, 15) is 24.6 Å². The topological polar surface area (TPSA) is 134 Å². The first-order valence-corrected chi connectivity index (χ1v) is 7.59. The van der Waals surface area contributed by atoms with E-state index in [4.69, 9.17) is 0 Å². The molecular weight excluding hydrogens is 340 g/mol. The lowest BCUT2D eigenvalue weighted by atomic mass is 10.1. The zero-order chi connectivity index (χ0) is 18.7. The number of amides is 1. The molecule has 3 aromatic rings. The molecule has 0 bridgehead atoms. The summed E-state index contributed by atoms with van der Waals surface area (Å²) in [6.07, 6.45) is 0. The molecular formula is C17H14N4O5. The highest BCUT2D eigenvalue weighted by Gasteiger charge is 2.22. The van der Waals surface area contributed by atoms with Crippen LogP contribution in [0, 0.1) is 0 Å². The molecule has 0 aliphatic carbocycles. The molecule has 1 aromatic heterocycles. The summed E-state index contributed by atoms with van der Waals surface area (Å²) in [5.41, 5.74) is 0.185. The van der Waals surface area contributed by atoms with E-state index in [1.807, 2.05) is 0 Å². The smallest absolute Gasteiger partial charge is 0.330 e. The molecule has 1 heterocycles. The summed E-state index contributed by atoms with van der Waals surface area (Å²) in [7, 11) is 0. The van der Waals surface area contributed by atoms with Crippen LogP contribution >= 0.6 is 0 Å². The molecule has 9 heteroatoms. The quantitative estimate of drug-likeness (QED) is 0.605. The van der Waals surface area contributed by atoms with Crippen LogP contribution in [0.25, 0.3) is 10.9 Å². The average molecular weight is 354 g/mol. The minimum Gasteiger partial charge on any atom is -0.508 e. The predicted molar refractivity (Wildman–Crippen MR) is 90.4 cm³/mol. The van der Waals surface area contributed by atoms with Crippen LogP contribution in [0.3, 0.4) is 0 Å². The molecule has 0 spiro atoms. The summed E-state index contributed by atoms with van der Waals surface area (Å²) < 4.78 is 0.868. The molecule has 1 amide bonds. The van der Waals surface area contributed by atoms with Gasteiger partial charge in [-0.05, 0) is 29.8 Å². The monoisotopic (exact) mass is 354 g/mol. The highest BCUT2D eigenvalue weighted by molar-refractivity contribution is 5.84. The van der Waals surface area contributed by atoms with Crippen molar-refractivity contribution in [1.29, 1.82) is 0 Å². The van der Waals surface area contributed by atoms with Gasteiger partial charge in [0.1, 0.15) is 17.8 Å². The largest absolute Gasteiger partial charge is 0.508 e. The van der Waals surface area contributed by atoms with Crippen molar-refractivity contribution in [3.63, 3.8) is 0 Å². The van der Waals surface area contributed by atoms with Crippen LogP contribution in [0.15, 0.2) is 53.3 Å². The maximum Gasteiger partial charge on any atom is 0.330 e. The van der Waals surface area contributed by atoms with Crippen molar-refractivity contribution < 1.29 is 19.8 Å². The third-order valence-corrected chi connectivity index (χ3v) is 3.70. The summed E-state index contributed by atoms with van der Waals surface area (Å²) in [6, 6.07) is 10.6. The van der Waals surface area contributed by atoms with Crippen molar-refractivity contribution >= 4 is 22.8 Å². The normalized spacial score (nSPS) is 11.8. The Kier molecular flexibility index (Phi) is 4.61. The van der Waals surface area contributed by atoms with E-state index in [1.54, 1.807) is 24.3 Å². The number of hydrogen-bond donors (Lipinski definition) is 3. The summed E-state index contributed by atoms with van der Waals surface area (Å²) >= 11 is 0. The number of hydrogen-bond acceptors (Lipinski definition) is 6. The number of fused-ring (bicyclic) bond motifs is 1. The lowest BCUT2D eigenvalue weighted by Crippen LogP contribution is -2.38. The van der Waals surface area contributed by atoms with Crippen molar-refractivity contribution in [3.05, 3.63) is 64.4 Å². The summed E-state index contributed by atoms with van der Waals surface area (Å²) in [4.78, 5) is 36.0. The van der Waals surface area contributed by atoms with Gasteiger partial charge in [0.25, 0.3) is 5.56 Å². The molecule has 26 heavy (non-hydrogen) atoms. The first kappa shape index (κ1) is 17.1. The second-order valence-electron chi connectivity index (χ2n) is 5.50. The van der Waals surface area contributed by atoms with Crippen LogP contribution in [-0.4, -0.2) is 37.1 Å². The minimum atomic E-state index is -1.33. The van der Waals surface area contributed by atoms with Gasteiger partial charge in [-0.3, -0.25) is 9.59 Å². The number of carbonyl (C=O) groups is 2. The van der Waals surface area contributed by atoms with E-state index in [2.05, 4.69) is 15.6 Å². The van der Waals surface area contributed by atoms with E-state index in [-0.39, 0.29) is 11.3 Å². The number of aliphatic carboxylic acids is 1. The lowest BCUT2D eigenvalue weighted by Gasteiger charge is -2.15. The maximum absolute atomic E-state index is 12.3. The molecule has 1 unspecified atom stereocenters.